The Bertz CT molecular complexity index is 758. The molecule has 0 spiro atoms. The van der Waals surface area contributed by atoms with E-state index < -0.39 is 10.8 Å². The maximum Gasteiger partial charge on any atom is 0.251 e. The first-order chi connectivity index (χ1) is 11.4. The summed E-state index contributed by atoms with van der Waals surface area (Å²) in [5.41, 5.74) is 3.51. The number of rotatable bonds is 6. The average molecular weight is 345 g/mol. The van der Waals surface area contributed by atoms with Crippen LogP contribution >= 0.6 is 0 Å². The number of amides is 1. The van der Waals surface area contributed by atoms with Crippen LogP contribution in [0.3, 0.4) is 0 Å². The van der Waals surface area contributed by atoms with Crippen LogP contribution in [-0.2, 0) is 16.6 Å². The second kappa shape index (κ2) is 8.11. The molecule has 2 aromatic rings. The molecule has 0 heterocycles. The van der Waals surface area contributed by atoms with Crippen molar-refractivity contribution in [3.8, 4) is 5.75 Å². The highest BCUT2D eigenvalue weighted by Crippen LogP contribution is 2.26. The largest absolute Gasteiger partial charge is 0.496 e. The van der Waals surface area contributed by atoms with Crippen LogP contribution in [0.2, 0.25) is 0 Å². The van der Waals surface area contributed by atoms with E-state index in [1.807, 2.05) is 44.2 Å². The summed E-state index contributed by atoms with van der Waals surface area (Å²) in [5, 5.41) is 3.00. The van der Waals surface area contributed by atoms with Crippen molar-refractivity contribution in [1.29, 1.82) is 0 Å². The van der Waals surface area contributed by atoms with Crippen LogP contribution in [0, 0.1) is 6.92 Å². The first kappa shape index (κ1) is 18.2. The molecule has 0 aliphatic heterocycles. The van der Waals surface area contributed by atoms with Gasteiger partial charge in [-0.1, -0.05) is 29.8 Å². The second-order valence-corrected chi connectivity index (χ2v) is 7.29. The minimum Gasteiger partial charge on any atom is -0.496 e. The lowest BCUT2D eigenvalue weighted by Crippen LogP contribution is -2.27. The molecule has 5 heteroatoms. The van der Waals surface area contributed by atoms with Gasteiger partial charge in [0.25, 0.3) is 5.91 Å². The van der Waals surface area contributed by atoms with Crippen LogP contribution in [0.15, 0.2) is 42.5 Å². The molecule has 0 aliphatic rings. The van der Waals surface area contributed by atoms with Gasteiger partial charge >= 0.3 is 0 Å². The highest BCUT2D eigenvalue weighted by molar-refractivity contribution is 7.83. The lowest BCUT2D eigenvalue weighted by molar-refractivity contribution is 0.0939. The van der Waals surface area contributed by atoms with Crippen molar-refractivity contribution in [3.05, 3.63) is 64.7 Å². The van der Waals surface area contributed by atoms with Gasteiger partial charge in [-0.25, -0.2) is 0 Å². The van der Waals surface area contributed by atoms with Crippen molar-refractivity contribution in [2.45, 2.75) is 25.6 Å². The number of aryl methyl sites for hydroxylation is 1. The van der Waals surface area contributed by atoms with Crippen LogP contribution in [0.4, 0.5) is 0 Å². The fraction of sp³-hybridized carbons (Fsp3) is 0.316. The van der Waals surface area contributed by atoms with E-state index in [4.69, 9.17) is 4.74 Å². The minimum absolute atomic E-state index is 0.158. The fourth-order valence-corrected chi connectivity index (χ4v) is 3.24. The number of ether oxygens (including phenoxy) is 1. The Hall–Kier alpha value is -2.14. The van der Waals surface area contributed by atoms with E-state index in [1.54, 1.807) is 25.5 Å². The number of carbonyl (C=O) groups is 1. The highest BCUT2D eigenvalue weighted by Gasteiger charge is 2.15. The Morgan fingerprint density at radius 1 is 1.25 bits per heavy atom. The highest BCUT2D eigenvalue weighted by atomic mass is 32.2. The van der Waals surface area contributed by atoms with Gasteiger partial charge in [0.15, 0.2) is 0 Å². The maximum atomic E-state index is 12.5. The molecule has 2 aromatic carbocycles. The Morgan fingerprint density at radius 3 is 2.67 bits per heavy atom. The van der Waals surface area contributed by atoms with Crippen molar-refractivity contribution in [2.75, 3.05) is 13.4 Å². The number of hydrogen-bond donors (Lipinski definition) is 1. The van der Waals surface area contributed by atoms with Crippen LogP contribution in [0.5, 0.6) is 5.75 Å². The summed E-state index contributed by atoms with van der Waals surface area (Å²) >= 11 is 0. The molecule has 0 radical (unpaired) electrons. The Morgan fingerprint density at radius 2 is 2.00 bits per heavy atom. The zero-order chi connectivity index (χ0) is 17.7. The summed E-state index contributed by atoms with van der Waals surface area (Å²) in [6.45, 7) is 3.94. The lowest BCUT2D eigenvalue weighted by Gasteiger charge is -2.18. The monoisotopic (exact) mass is 345 g/mol. The van der Waals surface area contributed by atoms with E-state index in [2.05, 4.69) is 5.32 Å². The number of methoxy groups -OCH3 is 1. The van der Waals surface area contributed by atoms with E-state index in [9.17, 15) is 9.00 Å². The molecule has 0 saturated heterocycles. The van der Waals surface area contributed by atoms with Gasteiger partial charge < -0.3 is 10.1 Å². The first-order valence-corrected chi connectivity index (χ1v) is 9.47. The van der Waals surface area contributed by atoms with E-state index in [1.165, 1.54) is 0 Å². The van der Waals surface area contributed by atoms with Crippen LogP contribution in [-0.4, -0.2) is 23.5 Å². The fourth-order valence-electron chi connectivity index (χ4n) is 2.59. The molecular weight excluding hydrogens is 322 g/mol. The molecular formula is C19H23NO3S. The third-order valence-electron chi connectivity index (χ3n) is 3.76. The molecule has 24 heavy (non-hydrogen) atoms. The second-order valence-electron chi connectivity index (χ2n) is 5.86. The van der Waals surface area contributed by atoms with Gasteiger partial charge in [0.05, 0.1) is 13.2 Å². The van der Waals surface area contributed by atoms with Gasteiger partial charge in [-0.05, 0) is 37.6 Å². The van der Waals surface area contributed by atoms with Gasteiger partial charge in [0.2, 0.25) is 0 Å². The van der Waals surface area contributed by atoms with Crippen molar-refractivity contribution >= 4 is 16.7 Å². The third kappa shape index (κ3) is 4.68. The van der Waals surface area contributed by atoms with Gasteiger partial charge in [0.1, 0.15) is 5.75 Å². The number of hydrogen-bond acceptors (Lipinski definition) is 3. The molecule has 0 saturated carbocycles. The normalized spacial score (nSPS) is 13.2. The number of benzene rings is 2. The molecule has 1 N–H and O–H groups in total. The van der Waals surface area contributed by atoms with Crippen molar-refractivity contribution in [2.24, 2.45) is 0 Å². The Kier molecular flexibility index (Phi) is 6.15. The zero-order valence-electron chi connectivity index (χ0n) is 14.5. The summed E-state index contributed by atoms with van der Waals surface area (Å²) in [6, 6.07) is 13.0. The van der Waals surface area contributed by atoms with E-state index >= 15 is 0 Å². The summed E-state index contributed by atoms with van der Waals surface area (Å²) < 4.78 is 16.7. The van der Waals surface area contributed by atoms with Crippen LogP contribution in [0.1, 0.15) is 40.0 Å². The smallest absolute Gasteiger partial charge is 0.251 e. The third-order valence-corrected chi connectivity index (χ3v) is 4.50. The van der Waals surface area contributed by atoms with E-state index in [0.717, 1.165) is 22.4 Å². The van der Waals surface area contributed by atoms with Crippen LogP contribution < -0.4 is 10.1 Å². The lowest BCUT2D eigenvalue weighted by atomic mass is 10.0. The summed E-state index contributed by atoms with van der Waals surface area (Å²) in [7, 11) is 0.688. The average Bonchev–Trinajstić information content (AvgIpc) is 2.54. The molecule has 0 fully saturated rings. The predicted molar refractivity (Wildman–Crippen MR) is 97.8 cm³/mol. The summed E-state index contributed by atoms with van der Waals surface area (Å²) in [5.74, 6) is 1.04. The van der Waals surface area contributed by atoms with Crippen molar-refractivity contribution in [3.63, 3.8) is 0 Å². The van der Waals surface area contributed by atoms with Gasteiger partial charge in [0, 0.05) is 33.9 Å². The molecule has 1 amide bonds. The van der Waals surface area contributed by atoms with Crippen molar-refractivity contribution < 1.29 is 13.7 Å². The van der Waals surface area contributed by atoms with Crippen LogP contribution in [0.25, 0.3) is 0 Å². The quantitative estimate of drug-likeness (QED) is 0.873. The van der Waals surface area contributed by atoms with E-state index in [-0.39, 0.29) is 11.9 Å². The zero-order valence-corrected chi connectivity index (χ0v) is 15.3. The summed E-state index contributed by atoms with van der Waals surface area (Å²) in [4.78, 5) is 12.5. The maximum absolute atomic E-state index is 12.5. The minimum atomic E-state index is -0.934. The molecule has 4 nitrogen and oxygen atoms in total. The molecule has 2 unspecified atom stereocenters. The first-order valence-electron chi connectivity index (χ1n) is 7.75. The van der Waals surface area contributed by atoms with Gasteiger partial charge in [-0.3, -0.25) is 9.00 Å². The Labute approximate surface area is 145 Å². The Balaban J connectivity index is 2.17. The summed E-state index contributed by atoms with van der Waals surface area (Å²) in [6.07, 6.45) is 1.65. The molecule has 128 valence electrons. The SMILES string of the molecule is COc1ccc(C)cc1C(C)NC(=O)c1cccc(CS(C)=O)c1. The number of carbonyl (C=O) groups excluding carboxylic acids is 1. The topological polar surface area (TPSA) is 55.4 Å². The molecule has 2 atom stereocenters. The van der Waals surface area contributed by atoms with Gasteiger partial charge in [-0.15, -0.1) is 0 Å². The number of nitrogens with one attached hydrogen (secondary N) is 1. The molecule has 2 rings (SSSR count). The molecule has 0 aromatic heterocycles. The molecule has 0 aliphatic carbocycles. The van der Waals surface area contributed by atoms with Crippen molar-refractivity contribution in [1.82, 2.24) is 5.32 Å². The van der Waals surface area contributed by atoms with Gasteiger partial charge in [-0.2, -0.15) is 0 Å². The predicted octanol–water partition coefficient (Wildman–Crippen LogP) is 3.37. The van der Waals surface area contributed by atoms with E-state index in [0.29, 0.717) is 11.3 Å². The molecule has 0 bridgehead atoms. The standard InChI is InChI=1S/C19H23NO3S/c1-13-8-9-18(23-3)17(10-13)14(2)20-19(21)16-7-5-6-15(11-16)12-24(4)22/h5-11,14H,12H2,1-4H3,(H,20,21).